The molecule has 0 N–H and O–H groups in total. The molecule has 7 rings (SSSR count). The highest BCUT2D eigenvalue weighted by Crippen LogP contribution is 2.44. The van der Waals surface area contributed by atoms with Crippen LogP contribution in [0.15, 0.2) is 170 Å². The van der Waals surface area contributed by atoms with E-state index in [1.165, 1.54) is 27.5 Å². The zero-order chi connectivity index (χ0) is 28.3. The molecular weight excluding hydrogens is 505 g/mol. The van der Waals surface area contributed by atoms with Crippen LogP contribution in [-0.4, -0.2) is 7.85 Å². The van der Waals surface area contributed by atoms with E-state index in [1.807, 2.05) is 12.1 Å². The Morgan fingerprint density at radius 3 is 1.69 bits per heavy atom. The fourth-order valence-corrected chi connectivity index (χ4v) is 5.80. The van der Waals surface area contributed by atoms with Crippen LogP contribution in [0.2, 0.25) is 0 Å². The molecular formula is C40H28BN. The normalized spacial score (nSPS) is 11.0. The molecule has 1 nitrogen and oxygen atoms in total. The Morgan fingerprint density at radius 2 is 0.929 bits per heavy atom. The van der Waals surface area contributed by atoms with Gasteiger partial charge in [-0.05, 0) is 57.3 Å². The molecule has 0 heterocycles. The zero-order valence-electron chi connectivity index (χ0n) is 23.2. The number of nitrogens with zero attached hydrogens (tertiary/aromatic N) is 1. The summed E-state index contributed by atoms with van der Waals surface area (Å²) in [5.41, 5.74) is 10.9. The number of hydrogen-bond acceptors (Lipinski definition) is 1. The average molecular weight is 533 g/mol. The Morgan fingerprint density at radius 1 is 0.381 bits per heavy atom. The van der Waals surface area contributed by atoms with Gasteiger partial charge in [0.25, 0.3) is 0 Å². The van der Waals surface area contributed by atoms with Crippen molar-refractivity contribution in [3.63, 3.8) is 0 Å². The second-order valence-corrected chi connectivity index (χ2v) is 10.4. The first-order valence-electron chi connectivity index (χ1n) is 14.2. The highest BCUT2D eigenvalue weighted by atomic mass is 15.1. The number of hydrogen-bond donors (Lipinski definition) is 0. The van der Waals surface area contributed by atoms with Crippen LogP contribution in [0.3, 0.4) is 0 Å². The minimum Gasteiger partial charge on any atom is -0.309 e. The van der Waals surface area contributed by atoms with Gasteiger partial charge in [0.05, 0.1) is 11.4 Å². The maximum atomic E-state index is 6.37. The average Bonchev–Trinajstić information content (AvgIpc) is 3.06. The summed E-state index contributed by atoms with van der Waals surface area (Å²) >= 11 is 0. The molecule has 196 valence electrons. The number of para-hydroxylation sites is 1. The summed E-state index contributed by atoms with van der Waals surface area (Å²) in [6, 6.07) is 59.8. The van der Waals surface area contributed by atoms with Gasteiger partial charge in [0.2, 0.25) is 0 Å². The summed E-state index contributed by atoms with van der Waals surface area (Å²) in [5, 5.41) is 2.50. The zero-order valence-corrected chi connectivity index (χ0v) is 23.2. The Kier molecular flexibility index (Phi) is 6.88. The third-order valence-corrected chi connectivity index (χ3v) is 7.80. The lowest BCUT2D eigenvalue weighted by atomic mass is 9.90. The molecule has 42 heavy (non-hydrogen) atoms. The molecule has 2 heteroatoms. The van der Waals surface area contributed by atoms with E-state index < -0.39 is 0 Å². The predicted octanol–water partition coefficient (Wildman–Crippen LogP) is 10.1. The van der Waals surface area contributed by atoms with E-state index >= 15 is 0 Å². The highest BCUT2D eigenvalue weighted by molar-refractivity contribution is 6.33. The van der Waals surface area contributed by atoms with Gasteiger partial charge in [-0.3, -0.25) is 0 Å². The van der Waals surface area contributed by atoms with Crippen molar-refractivity contribution in [2.75, 3.05) is 4.90 Å². The van der Waals surface area contributed by atoms with E-state index in [9.17, 15) is 0 Å². The van der Waals surface area contributed by atoms with Crippen molar-refractivity contribution < 1.29 is 0 Å². The van der Waals surface area contributed by atoms with Gasteiger partial charge in [0.15, 0.2) is 0 Å². The molecule has 0 bridgehead atoms. The summed E-state index contributed by atoms with van der Waals surface area (Å²) < 4.78 is 0. The molecule has 0 aromatic heterocycles. The fourth-order valence-electron chi connectivity index (χ4n) is 5.80. The molecule has 0 saturated carbocycles. The third kappa shape index (κ3) is 4.89. The second-order valence-electron chi connectivity index (χ2n) is 10.4. The van der Waals surface area contributed by atoms with Gasteiger partial charge in [-0.1, -0.05) is 151 Å². The van der Waals surface area contributed by atoms with Crippen molar-refractivity contribution in [3.8, 4) is 33.4 Å². The van der Waals surface area contributed by atoms with Crippen LogP contribution < -0.4 is 10.4 Å². The van der Waals surface area contributed by atoms with Gasteiger partial charge in [-0.15, -0.1) is 0 Å². The predicted molar refractivity (Wildman–Crippen MR) is 180 cm³/mol. The van der Waals surface area contributed by atoms with Crippen LogP contribution in [0, 0.1) is 0 Å². The van der Waals surface area contributed by atoms with Crippen LogP contribution in [0.25, 0.3) is 44.2 Å². The first kappa shape index (κ1) is 25.6. The Hall–Kier alpha value is -5.34. The largest absolute Gasteiger partial charge is 0.309 e. The Bertz CT molecular complexity index is 1970. The molecule has 0 saturated heterocycles. The second kappa shape index (κ2) is 11.3. The van der Waals surface area contributed by atoms with Crippen molar-refractivity contribution in [3.05, 3.63) is 170 Å². The van der Waals surface area contributed by atoms with E-state index in [1.54, 1.807) is 0 Å². The number of fused-ring (bicyclic) bond motifs is 1. The summed E-state index contributed by atoms with van der Waals surface area (Å²) in [4.78, 5) is 2.36. The van der Waals surface area contributed by atoms with Gasteiger partial charge in [-0.25, -0.2) is 0 Å². The summed E-state index contributed by atoms with van der Waals surface area (Å²) in [6.07, 6.45) is 0. The Labute approximate surface area is 248 Å². The molecule has 0 aliphatic heterocycles. The van der Waals surface area contributed by atoms with Crippen molar-refractivity contribution in [1.29, 1.82) is 0 Å². The lowest BCUT2D eigenvalue weighted by Gasteiger charge is -2.30. The maximum Gasteiger partial charge on any atom is 0.113 e. The minimum absolute atomic E-state index is 0.736. The molecule has 0 atom stereocenters. The fraction of sp³-hybridized carbons (Fsp3) is 0. The van der Waals surface area contributed by atoms with Gasteiger partial charge in [-0.2, -0.15) is 0 Å². The van der Waals surface area contributed by atoms with E-state index in [0.717, 1.165) is 39.2 Å². The van der Waals surface area contributed by atoms with Crippen LogP contribution in [0.4, 0.5) is 17.1 Å². The molecule has 0 amide bonds. The van der Waals surface area contributed by atoms with Crippen LogP contribution in [-0.2, 0) is 0 Å². The van der Waals surface area contributed by atoms with Crippen molar-refractivity contribution >= 4 is 41.1 Å². The number of anilines is 3. The van der Waals surface area contributed by atoms with Gasteiger partial charge in [0, 0.05) is 16.8 Å². The van der Waals surface area contributed by atoms with Crippen molar-refractivity contribution in [1.82, 2.24) is 0 Å². The molecule has 7 aromatic rings. The summed E-state index contributed by atoms with van der Waals surface area (Å²) in [6.45, 7) is 0. The summed E-state index contributed by atoms with van der Waals surface area (Å²) in [5.74, 6) is 0. The molecule has 2 radical (unpaired) electrons. The lowest BCUT2D eigenvalue weighted by molar-refractivity contribution is 1.29. The first-order chi connectivity index (χ1) is 20.8. The van der Waals surface area contributed by atoms with E-state index in [-0.39, 0.29) is 0 Å². The van der Waals surface area contributed by atoms with Gasteiger partial charge < -0.3 is 4.90 Å². The number of benzene rings is 7. The first-order valence-corrected chi connectivity index (χ1v) is 14.2. The summed E-state index contributed by atoms with van der Waals surface area (Å²) in [7, 11) is 6.37. The van der Waals surface area contributed by atoms with E-state index in [0.29, 0.717) is 0 Å². The van der Waals surface area contributed by atoms with Gasteiger partial charge in [0.1, 0.15) is 7.85 Å². The van der Waals surface area contributed by atoms with Crippen LogP contribution in [0.5, 0.6) is 0 Å². The molecule has 0 spiro atoms. The molecule has 0 aliphatic rings. The standard InChI is InChI=1S/C40H28BN/c41-33-24-27-40(38(28-33)31-14-5-2-6-15-31)42(39-21-10-9-19-37(39)30-12-3-1-4-13-30)34-25-22-32(23-26-34)36-20-11-17-29-16-7-8-18-35(29)36/h1-28H. The quantitative estimate of drug-likeness (QED) is 0.192. The van der Waals surface area contributed by atoms with Crippen LogP contribution in [0.1, 0.15) is 0 Å². The molecule has 7 aromatic carbocycles. The molecule has 0 aliphatic carbocycles. The van der Waals surface area contributed by atoms with Gasteiger partial charge >= 0.3 is 0 Å². The maximum absolute atomic E-state index is 6.37. The van der Waals surface area contributed by atoms with E-state index in [4.69, 9.17) is 7.85 Å². The Balaban J connectivity index is 1.44. The SMILES string of the molecule is [B]c1ccc(N(c2ccc(-c3cccc4ccccc34)cc2)c2ccccc2-c2ccccc2)c(-c2ccccc2)c1. The topological polar surface area (TPSA) is 3.24 Å². The monoisotopic (exact) mass is 533 g/mol. The highest BCUT2D eigenvalue weighted by Gasteiger charge is 2.20. The molecule has 0 fully saturated rings. The van der Waals surface area contributed by atoms with E-state index in [2.05, 4.69) is 163 Å². The third-order valence-electron chi connectivity index (χ3n) is 7.80. The number of rotatable bonds is 6. The lowest BCUT2D eigenvalue weighted by Crippen LogP contribution is -2.14. The van der Waals surface area contributed by atoms with Crippen molar-refractivity contribution in [2.45, 2.75) is 0 Å². The van der Waals surface area contributed by atoms with Crippen molar-refractivity contribution in [2.24, 2.45) is 0 Å². The minimum atomic E-state index is 0.736. The molecule has 0 unspecified atom stereocenters. The van der Waals surface area contributed by atoms with Crippen LogP contribution >= 0.6 is 0 Å². The smallest absolute Gasteiger partial charge is 0.113 e.